The Balaban J connectivity index is 2.38. The third kappa shape index (κ3) is 9.92. The zero-order valence-corrected chi connectivity index (χ0v) is 21.5. The molecule has 0 bridgehead atoms. The zero-order valence-electron chi connectivity index (χ0n) is 20.7. The van der Waals surface area contributed by atoms with Gasteiger partial charge >= 0.3 is 12.1 Å². The lowest BCUT2D eigenvalue weighted by Gasteiger charge is -2.17. The lowest BCUT2D eigenvalue weighted by molar-refractivity contribution is -0.790. The van der Waals surface area contributed by atoms with Crippen LogP contribution in [0.5, 0.6) is 0 Å². The lowest BCUT2D eigenvalue weighted by Crippen LogP contribution is -2.30. The highest BCUT2D eigenvalue weighted by atomic mass is 32.2. The molecule has 0 aliphatic carbocycles. The number of ether oxygens (including phenoxy) is 3. The summed E-state index contributed by atoms with van der Waals surface area (Å²) in [5.41, 5.74) is 0.875. The maximum Gasteiger partial charge on any atom is 0.508 e. The topological polar surface area (TPSA) is 201 Å². The average Bonchev–Trinajstić information content (AvgIpc) is 2.88. The maximum atomic E-state index is 13.0. The summed E-state index contributed by atoms with van der Waals surface area (Å²) in [5.74, 6) is -0.751. The van der Waals surface area contributed by atoms with E-state index in [1.807, 2.05) is 0 Å². The molecule has 1 unspecified atom stereocenters. The van der Waals surface area contributed by atoms with Crippen LogP contribution in [0, 0.1) is 20.2 Å². The number of hydrogen-bond donors (Lipinski definition) is 0. The summed E-state index contributed by atoms with van der Waals surface area (Å²) in [5, 5.41) is 18.5. The first-order valence-corrected chi connectivity index (χ1v) is 13.0. The minimum Gasteiger partial charge on any atom is -0.462 e. The summed E-state index contributed by atoms with van der Waals surface area (Å²) in [7, 11) is -3.53. The van der Waals surface area contributed by atoms with E-state index in [1.165, 1.54) is 24.3 Å². The molecule has 0 heterocycles. The van der Waals surface area contributed by atoms with E-state index in [9.17, 15) is 38.2 Å². The predicted molar refractivity (Wildman–Crippen MR) is 132 cm³/mol. The van der Waals surface area contributed by atoms with Gasteiger partial charge in [-0.05, 0) is 30.2 Å². The fourth-order valence-electron chi connectivity index (χ4n) is 3.13. The van der Waals surface area contributed by atoms with Crippen molar-refractivity contribution >= 4 is 33.1 Å². The van der Waals surface area contributed by atoms with Crippen LogP contribution in [0.1, 0.15) is 18.1 Å². The summed E-state index contributed by atoms with van der Waals surface area (Å²) in [6.07, 6.45) is -1.95. The molecule has 0 aliphatic heterocycles. The molecule has 15 nitrogen and oxygen atoms in total. The number of nitrogens with zero attached hydrogens (tertiary/aromatic N) is 2. The van der Waals surface area contributed by atoms with Gasteiger partial charge in [0, 0.05) is 11.8 Å². The van der Waals surface area contributed by atoms with Gasteiger partial charge < -0.3 is 23.9 Å². The van der Waals surface area contributed by atoms with Gasteiger partial charge in [-0.25, -0.2) is 18.0 Å². The van der Waals surface area contributed by atoms with Gasteiger partial charge in [0.2, 0.25) is 0 Å². The standard InChI is InChI=1S/C23H24N2O13S/c1-3-34-22(26)21(17-7-5-4-6-8-17)20(16-9-11-19(12-10-16)39(2,32)33)15-36-23(27)35-13-18(38-25(30)31)14-37-24(28)29/h4-12,18H,3,13-15H2,1-2H3/b21-20+. The van der Waals surface area contributed by atoms with Crippen LogP contribution in [0.2, 0.25) is 0 Å². The van der Waals surface area contributed by atoms with Gasteiger partial charge in [0.15, 0.2) is 15.9 Å². The van der Waals surface area contributed by atoms with Crippen molar-refractivity contribution < 1.29 is 52.1 Å². The van der Waals surface area contributed by atoms with Crippen LogP contribution in [0.4, 0.5) is 4.79 Å². The van der Waals surface area contributed by atoms with Gasteiger partial charge in [-0.3, -0.25) is 0 Å². The van der Waals surface area contributed by atoms with E-state index in [1.54, 1.807) is 37.3 Å². The molecule has 0 spiro atoms. The van der Waals surface area contributed by atoms with Crippen LogP contribution in [0.3, 0.4) is 0 Å². The SMILES string of the molecule is CCOC(=O)/C(=C(\COC(=O)OCC(CO[N+](=O)[O-])O[N+](=O)[O-])c1ccc(S(C)(=O)=O)cc1)c1ccccc1. The van der Waals surface area contributed by atoms with Crippen molar-refractivity contribution in [1.82, 2.24) is 0 Å². The molecule has 0 saturated carbocycles. The number of esters is 1. The molecule has 0 fully saturated rings. The van der Waals surface area contributed by atoms with Crippen molar-refractivity contribution in [1.29, 1.82) is 0 Å². The highest BCUT2D eigenvalue weighted by Gasteiger charge is 2.23. The molecule has 210 valence electrons. The van der Waals surface area contributed by atoms with Crippen LogP contribution in [0.25, 0.3) is 11.1 Å². The summed E-state index contributed by atoms with van der Waals surface area (Å²) in [4.78, 5) is 54.4. The number of benzene rings is 2. The first-order valence-electron chi connectivity index (χ1n) is 11.1. The van der Waals surface area contributed by atoms with E-state index in [2.05, 4.69) is 9.68 Å². The van der Waals surface area contributed by atoms with E-state index in [-0.39, 0.29) is 22.6 Å². The smallest absolute Gasteiger partial charge is 0.462 e. The molecule has 16 heteroatoms. The molecular weight excluding hydrogens is 544 g/mol. The van der Waals surface area contributed by atoms with E-state index < -0.39 is 58.1 Å². The van der Waals surface area contributed by atoms with Crippen molar-refractivity contribution in [2.75, 3.05) is 32.7 Å². The Kier molecular flexibility index (Phi) is 11.2. The molecule has 39 heavy (non-hydrogen) atoms. The zero-order chi connectivity index (χ0) is 29.0. The summed E-state index contributed by atoms with van der Waals surface area (Å²) in [6, 6.07) is 13.7. The molecule has 0 saturated heterocycles. The van der Waals surface area contributed by atoms with Crippen molar-refractivity contribution in [3.63, 3.8) is 0 Å². The lowest BCUT2D eigenvalue weighted by atomic mass is 9.95. The van der Waals surface area contributed by atoms with Crippen molar-refractivity contribution in [3.8, 4) is 0 Å². The molecule has 0 aliphatic rings. The summed E-state index contributed by atoms with van der Waals surface area (Å²) in [6.45, 7) is -0.686. The highest BCUT2D eigenvalue weighted by molar-refractivity contribution is 7.90. The molecule has 0 radical (unpaired) electrons. The largest absolute Gasteiger partial charge is 0.508 e. The predicted octanol–water partition coefficient (Wildman–Crippen LogP) is 2.50. The number of hydrogen-bond acceptors (Lipinski definition) is 13. The van der Waals surface area contributed by atoms with Crippen LogP contribution >= 0.6 is 0 Å². The second kappa shape index (κ2) is 14.3. The molecule has 2 rings (SSSR count). The van der Waals surface area contributed by atoms with Crippen molar-refractivity contribution in [2.45, 2.75) is 17.9 Å². The molecule has 0 amide bonds. The van der Waals surface area contributed by atoms with Gasteiger partial charge in [-0.15, -0.1) is 20.2 Å². The minimum absolute atomic E-state index is 0.0112. The normalized spacial score (nSPS) is 12.4. The number of carbonyl (C=O) groups is 2. The second-order valence-electron chi connectivity index (χ2n) is 7.56. The van der Waals surface area contributed by atoms with E-state index in [0.717, 1.165) is 6.26 Å². The monoisotopic (exact) mass is 568 g/mol. The van der Waals surface area contributed by atoms with Crippen LogP contribution in [0.15, 0.2) is 59.5 Å². The third-order valence-electron chi connectivity index (χ3n) is 4.80. The Morgan fingerprint density at radius 2 is 1.51 bits per heavy atom. The fraction of sp³-hybridized carbons (Fsp3) is 0.304. The second-order valence-corrected chi connectivity index (χ2v) is 9.57. The quantitative estimate of drug-likeness (QED) is 0.106. The van der Waals surface area contributed by atoms with Crippen LogP contribution < -0.4 is 0 Å². The van der Waals surface area contributed by atoms with E-state index in [4.69, 9.17) is 14.2 Å². The minimum atomic E-state index is -3.53. The Morgan fingerprint density at radius 3 is 2.05 bits per heavy atom. The summed E-state index contributed by atoms with van der Waals surface area (Å²) >= 11 is 0. The first-order chi connectivity index (χ1) is 18.4. The third-order valence-corrected chi connectivity index (χ3v) is 5.93. The highest BCUT2D eigenvalue weighted by Crippen LogP contribution is 2.29. The molecule has 2 aromatic rings. The van der Waals surface area contributed by atoms with Crippen molar-refractivity contribution in [2.24, 2.45) is 0 Å². The van der Waals surface area contributed by atoms with Gasteiger partial charge in [-0.1, -0.05) is 42.5 Å². The maximum absolute atomic E-state index is 13.0. The van der Waals surface area contributed by atoms with E-state index >= 15 is 0 Å². The Hall–Kier alpha value is -4.73. The van der Waals surface area contributed by atoms with E-state index in [0.29, 0.717) is 11.1 Å². The molecule has 1 atom stereocenters. The molecule has 0 aromatic heterocycles. The van der Waals surface area contributed by atoms with Crippen LogP contribution in [-0.2, 0) is 38.5 Å². The Morgan fingerprint density at radius 1 is 0.872 bits per heavy atom. The van der Waals surface area contributed by atoms with Gasteiger partial charge in [0.1, 0.15) is 19.8 Å². The average molecular weight is 569 g/mol. The van der Waals surface area contributed by atoms with Gasteiger partial charge in [-0.2, -0.15) is 0 Å². The number of carbonyl (C=O) groups excluding carboxylic acids is 2. The molecule has 0 N–H and O–H groups in total. The van der Waals surface area contributed by atoms with Crippen molar-refractivity contribution in [3.05, 3.63) is 86.0 Å². The molecule has 2 aromatic carbocycles. The van der Waals surface area contributed by atoms with Crippen LogP contribution in [-0.4, -0.2) is 69.5 Å². The number of sulfone groups is 1. The first kappa shape index (κ1) is 30.5. The van der Waals surface area contributed by atoms with Gasteiger partial charge in [0.25, 0.3) is 10.2 Å². The number of rotatable bonds is 14. The Labute approximate surface area is 222 Å². The molecular formula is C23H24N2O13S. The summed E-state index contributed by atoms with van der Waals surface area (Å²) < 4.78 is 38.9. The fourth-order valence-corrected chi connectivity index (χ4v) is 3.77. The Bertz CT molecular complexity index is 1310. The van der Waals surface area contributed by atoms with Gasteiger partial charge in [0.05, 0.1) is 17.1 Å².